The molecule has 1 N–H and O–H groups in total. The number of aliphatic hydroxyl groups excluding tert-OH is 1. The highest BCUT2D eigenvalue weighted by Gasteiger charge is 2.43. The van der Waals surface area contributed by atoms with Gasteiger partial charge in [0.2, 0.25) is 0 Å². The minimum atomic E-state index is -3.77. The van der Waals surface area contributed by atoms with Gasteiger partial charge in [-0.2, -0.15) is 0 Å². The Balaban J connectivity index is 2.02. The van der Waals surface area contributed by atoms with Gasteiger partial charge in [-0.1, -0.05) is 63.6 Å². The predicted molar refractivity (Wildman–Crippen MR) is 111 cm³/mol. The van der Waals surface area contributed by atoms with Gasteiger partial charge in [-0.05, 0) is 48.8 Å². The first kappa shape index (κ1) is 21.2. The summed E-state index contributed by atoms with van der Waals surface area (Å²) in [6.07, 6.45) is 2.70. The zero-order valence-electron chi connectivity index (χ0n) is 16.8. The summed E-state index contributed by atoms with van der Waals surface area (Å²) < 4.78 is 34.9. The van der Waals surface area contributed by atoms with Crippen LogP contribution in [0, 0.1) is 23.6 Å². The van der Waals surface area contributed by atoms with Crippen LogP contribution in [0.2, 0.25) is 0 Å². The molecule has 3 rings (SSSR count). The smallest absolute Gasteiger partial charge is 0.264 e. The molecule has 2 aromatic carbocycles. The maximum absolute atomic E-state index is 14.4. The molecule has 1 aliphatic carbocycles. The molecule has 0 amide bonds. The maximum Gasteiger partial charge on any atom is 0.264 e. The Morgan fingerprint density at radius 2 is 1.71 bits per heavy atom. The van der Waals surface area contributed by atoms with Crippen molar-refractivity contribution in [3.8, 4) is 0 Å². The van der Waals surface area contributed by atoms with E-state index in [2.05, 4.69) is 20.8 Å². The Bertz CT molecular complexity index is 824. The number of halogens is 1. The van der Waals surface area contributed by atoms with Crippen molar-refractivity contribution in [3.05, 3.63) is 66.0 Å². The van der Waals surface area contributed by atoms with Crippen molar-refractivity contribution < 1.29 is 18.6 Å². The average Bonchev–Trinajstić information content (AvgIpc) is 2.68. The Morgan fingerprint density at radius 1 is 1.07 bits per heavy atom. The molecule has 2 aromatic rings. The van der Waals surface area contributed by atoms with Crippen molar-refractivity contribution in [2.24, 2.45) is 17.8 Å². The summed E-state index contributed by atoms with van der Waals surface area (Å²) in [5.74, 6) is -1.00. The number of rotatable bonds is 6. The van der Waals surface area contributed by atoms with Crippen LogP contribution in [0.4, 0.5) is 4.39 Å². The van der Waals surface area contributed by atoms with E-state index in [0.29, 0.717) is 17.1 Å². The van der Waals surface area contributed by atoms with Crippen molar-refractivity contribution >= 4 is 12.7 Å². The summed E-state index contributed by atoms with van der Waals surface area (Å²) >= 11 is 0. The molecule has 0 heterocycles. The molecule has 0 unspecified atom stereocenters. The molecule has 28 heavy (non-hydrogen) atoms. The SMILES string of the molecule is CC(C)[C@@H]1CC[C@H](C)C[C@@H]1O[P@@](=O)(c1ccccc1)[C@@H](O)c1ccccc1F. The van der Waals surface area contributed by atoms with Gasteiger partial charge in [-0.15, -0.1) is 0 Å². The minimum Gasteiger partial charge on any atom is -0.378 e. The van der Waals surface area contributed by atoms with Gasteiger partial charge in [0.1, 0.15) is 5.82 Å². The van der Waals surface area contributed by atoms with E-state index in [0.717, 1.165) is 19.3 Å². The summed E-state index contributed by atoms with van der Waals surface area (Å²) in [4.78, 5) is 0. The second-order valence-electron chi connectivity index (χ2n) is 8.30. The van der Waals surface area contributed by atoms with Crippen molar-refractivity contribution in [3.63, 3.8) is 0 Å². The van der Waals surface area contributed by atoms with E-state index in [9.17, 15) is 14.1 Å². The van der Waals surface area contributed by atoms with Crippen LogP contribution >= 0.6 is 7.37 Å². The Kier molecular flexibility index (Phi) is 6.75. The Hall–Kier alpha value is -1.48. The standard InChI is InChI=1S/C23H30FO3P/c1-16(2)19-14-13-17(3)15-22(19)27-28(26,18-9-5-4-6-10-18)23(25)20-11-7-8-12-21(20)24/h4-12,16-17,19,22-23,25H,13-15H2,1-3H3/t17-,19-,22-,23+,28-/m0/s1. The number of hydrogen-bond donors (Lipinski definition) is 1. The van der Waals surface area contributed by atoms with E-state index in [4.69, 9.17) is 4.52 Å². The average molecular weight is 404 g/mol. The topological polar surface area (TPSA) is 46.5 Å². The lowest BCUT2D eigenvalue weighted by Crippen LogP contribution is -2.35. The highest BCUT2D eigenvalue weighted by atomic mass is 31.2. The van der Waals surface area contributed by atoms with Gasteiger partial charge in [-0.3, -0.25) is 4.57 Å². The normalized spacial score (nSPS) is 26.0. The second kappa shape index (κ2) is 8.90. The quantitative estimate of drug-likeness (QED) is 0.610. The van der Waals surface area contributed by atoms with Gasteiger partial charge in [-0.25, -0.2) is 4.39 Å². The van der Waals surface area contributed by atoms with Gasteiger partial charge in [0.25, 0.3) is 7.37 Å². The van der Waals surface area contributed by atoms with Crippen LogP contribution in [-0.4, -0.2) is 11.2 Å². The molecular weight excluding hydrogens is 374 g/mol. The molecule has 0 spiro atoms. The van der Waals surface area contributed by atoms with Crippen molar-refractivity contribution in [2.45, 2.75) is 52.0 Å². The largest absolute Gasteiger partial charge is 0.378 e. The molecular formula is C23H30FO3P. The van der Waals surface area contributed by atoms with Crippen LogP contribution in [0.1, 0.15) is 51.4 Å². The van der Waals surface area contributed by atoms with Crippen molar-refractivity contribution in [1.82, 2.24) is 0 Å². The van der Waals surface area contributed by atoms with Crippen LogP contribution in [0.3, 0.4) is 0 Å². The summed E-state index contributed by atoms with van der Waals surface area (Å²) in [7, 11) is -3.77. The van der Waals surface area contributed by atoms with E-state index in [-0.39, 0.29) is 17.6 Å². The second-order valence-corrected chi connectivity index (χ2v) is 10.7. The third-order valence-corrected chi connectivity index (χ3v) is 8.40. The fraction of sp³-hybridized carbons (Fsp3) is 0.478. The molecule has 0 saturated heterocycles. The van der Waals surface area contributed by atoms with Gasteiger partial charge in [0, 0.05) is 10.9 Å². The summed E-state index contributed by atoms with van der Waals surface area (Å²) in [5, 5.41) is 11.5. The van der Waals surface area contributed by atoms with Gasteiger partial charge in [0.15, 0.2) is 5.85 Å². The molecule has 152 valence electrons. The zero-order valence-corrected chi connectivity index (χ0v) is 17.7. The lowest BCUT2D eigenvalue weighted by Gasteiger charge is -2.39. The van der Waals surface area contributed by atoms with Gasteiger partial charge in [0.05, 0.1) is 6.10 Å². The first-order valence-corrected chi connectivity index (χ1v) is 11.8. The molecule has 1 aliphatic rings. The van der Waals surface area contributed by atoms with E-state index in [1.165, 1.54) is 12.1 Å². The Labute approximate surface area is 167 Å². The highest BCUT2D eigenvalue weighted by Crippen LogP contribution is 2.60. The summed E-state index contributed by atoms with van der Waals surface area (Å²) in [5.41, 5.74) is 0.0136. The van der Waals surface area contributed by atoms with E-state index in [1.54, 1.807) is 36.4 Å². The van der Waals surface area contributed by atoms with Crippen molar-refractivity contribution in [1.29, 1.82) is 0 Å². The monoisotopic (exact) mass is 404 g/mol. The molecule has 5 atom stereocenters. The van der Waals surface area contributed by atoms with Gasteiger partial charge >= 0.3 is 0 Å². The zero-order chi connectivity index (χ0) is 20.3. The molecule has 1 saturated carbocycles. The molecule has 0 bridgehead atoms. The molecule has 0 radical (unpaired) electrons. The van der Waals surface area contributed by atoms with Crippen LogP contribution in [-0.2, 0) is 9.09 Å². The van der Waals surface area contributed by atoms with Crippen LogP contribution in [0.25, 0.3) is 0 Å². The number of hydrogen-bond acceptors (Lipinski definition) is 3. The third-order valence-electron chi connectivity index (χ3n) is 5.87. The molecule has 3 nitrogen and oxygen atoms in total. The summed E-state index contributed by atoms with van der Waals surface area (Å²) in [6, 6.07) is 14.7. The first-order valence-electron chi connectivity index (χ1n) is 10.1. The number of benzene rings is 2. The fourth-order valence-corrected chi connectivity index (χ4v) is 6.53. The summed E-state index contributed by atoms with van der Waals surface area (Å²) in [6.45, 7) is 6.48. The minimum absolute atomic E-state index is 0.0136. The molecule has 0 aliphatic heterocycles. The van der Waals surface area contributed by atoms with Crippen LogP contribution in [0.15, 0.2) is 54.6 Å². The fourth-order valence-electron chi connectivity index (χ4n) is 4.20. The maximum atomic E-state index is 14.4. The number of aliphatic hydroxyl groups is 1. The van der Waals surface area contributed by atoms with E-state index in [1.807, 2.05) is 6.07 Å². The molecule has 1 fully saturated rings. The van der Waals surface area contributed by atoms with Gasteiger partial charge < -0.3 is 9.63 Å². The lowest BCUT2D eigenvalue weighted by molar-refractivity contribution is 0.0425. The van der Waals surface area contributed by atoms with Crippen molar-refractivity contribution in [2.75, 3.05) is 0 Å². The highest BCUT2D eigenvalue weighted by molar-refractivity contribution is 7.67. The van der Waals surface area contributed by atoms with Crippen LogP contribution in [0.5, 0.6) is 0 Å². The third kappa shape index (κ3) is 4.40. The predicted octanol–water partition coefficient (Wildman–Crippen LogP) is 5.90. The lowest BCUT2D eigenvalue weighted by atomic mass is 9.75. The van der Waals surface area contributed by atoms with E-state index >= 15 is 0 Å². The molecule has 0 aromatic heterocycles. The first-order chi connectivity index (χ1) is 13.3. The molecule has 5 heteroatoms. The van der Waals surface area contributed by atoms with Crippen LogP contribution < -0.4 is 5.30 Å². The Morgan fingerprint density at radius 3 is 2.36 bits per heavy atom. The van der Waals surface area contributed by atoms with E-state index < -0.39 is 19.0 Å².